The van der Waals surface area contributed by atoms with E-state index in [1.807, 2.05) is 0 Å². The molecule has 1 fully saturated rings. The van der Waals surface area contributed by atoms with E-state index in [1.165, 1.54) is 0 Å². The molecule has 0 aromatic heterocycles. The van der Waals surface area contributed by atoms with Crippen LogP contribution in [0.3, 0.4) is 0 Å². The molecule has 0 saturated carbocycles. The van der Waals surface area contributed by atoms with Crippen LogP contribution in [0.2, 0.25) is 0 Å². The Balaban J connectivity index is 1.97. The average molecular weight is 379 g/mol. The third-order valence-corrected chi connectivity index (χ3v) is 3.99. The molecule has 0 atom stereocenters. The summed E-state index contributed by atoms with van der Waals surface area (Å²) in [6, 6.07) is 1.53. The van der Waals surface area contributed by atoms with Crippen molar-refractivity contribution in [2.24, 2.45) is 0 Å². The molecule has 3 rings (SSSR count). The smallest absolute Gasteiger partial charge is 0.416 e. The minimum atomic E-state index is -4.95. The molecule has 26 heavy (non-hydrogen) atoms. The Labute approximate surface area is 143 Å². The fourth-order valence-electron chi connectivity index (χ4n) is 2.73. The first-order chi connectivity index (χ1) is 12.2. The van der Waals surface area contributed by atoms with Gasteiger partial charge in [-0.15, -0.1) is 0 Å². The first-order valence-electron chi connectivity index (χ1n) is 7.65. The second kappa shape index (κ2) is 6.69. The van der Waals surface area contributed by atoms with Gasteiger partial charge in [-0.2, -0.15) is 13.2 Å². The molecule has 0 aliphatic carbocycles. The number of hydrogen-bond acceptors (Lipinski definition) is 2. The number of halogens is 7. The number of anilines is 1. The van der Waals surface area contributed by atoms with E-state index in [-0.39, 0.29) is 17.8 Å². The summed E-state index contributed by atoms with van der Waals surface area (Å²) in [5.74, 6) is -7.29. The van der Waals surface area contributed by atoms with E-state index in [4.69, 9.17) is 4.74 Å². The number of nitrogens with zero attached hydrogens (tertiary/aromatic N) is 1. The summed E-state index contributed by atoms with van der Waals surface area (Å²) in [5, 5.41) is 0. The van der Waals surface area contributed by atoms with Crippen molar-refractivity contribution in [1.82, 2.24) is 0 Å². The maximum atomic E-state index is 14.0. The fraction of sp³-hybridized carbons (Fsp3) is 0.294. The molecule has 9 heteroatoms. The molecule has 0 spiro atoms. The molecule has 0 bridgehead atoms. The van der Waals surface area contributed by atoms with Gasteiger partial charge in [0.1, 0.15) is 5.82 Å². The average Bonchev–Trinajstić information content (AvgIpc) is 3.05. The van der Waals surface area contributed by atoms with E-state index in [2.05, 4.69) is 0 Å². The summed E-state index contributed by atoms with van der Waals surface area (Å²) in [6.45, 7) is 1.04. The zero-order chi connectivity index (χ0) is 19.1. The summed E-state index contributed by atoms with van der Waals surface area (Å²) in [5.41, 5.74) is -1.55. The number of hydrogen-bond donors (Lipinski definition) is 0. The number of alkyl halides is 3. The Morgan fingerprint density at radius 1 is 0.769 bits per heavy atom. The van der Waals surface area contributed by atoms with Gasteiger partial charge in [0, 0.05) is 25.2 Å². The monoisotopic (exact) mass is 379 g/mol. The highest BCUT2D eigenvalue weighted by atomic mass is 19.4. The van der Waals surface area contributed by atoms with E-state index < -0.39 is 46.5 Å². The van der Waals surface area contributed by atoms with E-state index >= 15 is 0 Å². The van der Waals surface area contributed by atoms with Gasteiger partial charge in [0.25, 0.3) is 0 Å². The minimum absolute atomic E-state index is 0.00775. The van der Waals surface area contributed by atoms with E-state index in [9.17, 15) is 30.7 Å². The predicted molar refractivity (Wildman–Crippen MR) is 79.2 cm³/mol. The third-order valence-electron chi connectivity index (χ3n) is 3.99. The van der Waals surface area contributed by atoms with Gasteiger partial charge in [0.15, 0.2) is 29.0 Å². The van der Waals surface area contributed by atoms with Crippen LogP contribution in [-0.2, 0) is 6.18 Å². The van der Waals surface area contributed by atoms with Crippen molar-refractivity contribution >= 4 is 5.69 Å². The third kappa shape index (κ3) is 3.56. The first kappa shape index (κ1) is 18.3. The summed E-state index contributed by atoms with van der Waals surface area (Å²) < 4.78 is 98.1. The van der Waals surface area contributed by atoms with Gasteiger partial charge >= 0.3 is 6.18 Å². The number of ether oxygens (including phenoxy) is 1. The molecule has 0 radical (unpaired) electrons. The molecule has 0 N–H and O–H groups in total. The zero-order valence-corrected chi connectivity index (χ0v) is 13.1. The second-order valence-corrected chi connectivity index (χ2v) is 5.80. The quantitative estimate of drug-likeness (QED) is 0.639. The topological polar surface area (TPSA) is 12.5 Å². The molecule has 0 amide bonds. The predicted octanol–water partition coefficient (Wildman–Crippen LogP) is 5.65. The van der Waals surface area contributed by atoms with Crippen molar-refractivity contribution in [3.8, 4) is 11.5 Å². The van der Waals surface area contributed by atoms with Crippen molar-refractivity contribution < 1.29 is 35.5 Å². The number of rotatable bonds is 3. The molecule has 1 heterocycles. The van der Waals surface area contributed by atoms with Crippen LogP contribution in [0.4, 0.5) is 36.4 Å². The zero-order valence-electron chi connectivity index (χ0n) is 13.1. The SMILES string of the molecule is Fc1cc(F)c(N2CCCC2)cc1Oc1c(F)cc(C(F)(F)F)cc1F. The number of benzene rings is 2. The molecule has 1 aliphatic heterocycles. The van der Waals surface area contributed by atoms with E-state index in [0.29, 0.717) is 19.2 Å². The van der Waals surface area contributed by atoms with Crippen molar-refractivity contribution in [2.45, 2.75) is 19.0 Å². The Hall–Kier alpha value is -2.45. The molecule has 0 unspecified atom stereocenters. The molecular formula is C17H12F7NO. The molecule has 1 aliphatic rings. The Morgan fingerprint density at radius 3 is 1.88 bits per heavy atom. The highest BCUT2D eigenvalue weighted by Gasteiger charge is 2.33. The van der Waals surface area contributed by atoms with E-state index in [0.717, 1.165) is 18.9 Å². The van der Waals surface area contributed by atoms with Crippen LogP contribution in [0.15, 0.2) is 24.3 Å². The largest absolute Gasteiger partial charge is 0.448 e. The van der Waals surface area contributed by atoms with E-state index in [1.54, 1.807) is 4.90 Å². The van der Waals surface area contributed by atoms with Crippen LogP contribution in [0.5, 0.6) is 11.5 Å². The fourth-order valence-corrected chi connectivity index (χ4v) is 2.73. The van der Waals surface area contributed by atoms with Crippen LogP contribution >= 0.6 is 0 Å². The minimum Gasteiger partial charge on any atom is -0.448 e. The van der Waals surface area contributed by atoms with Crippen molar-refractivity contribution in [3.63, 3.8) is 0 Å². The highest BCUT2D eigenvalue weighted by molar-refractivity contribution is 5.54. The van der Waals surface area contributed by atoms with Gasteiger partial charge < -0.3 is 9.64 Å². The Kier molecular flexibility index (Phi) is 4.72. The van der Waals surface area contributed by atoms with Crippen molar-refractivity contribution in [3.05, 3.63) is 53.1 Å². The molecule has 1 saturated heterocycles. The summed E-state index contributed by atoms with van der Waals surface area (Å²) >= 11 is 0. The Morgan fingerprint density at radius 2 is 1.35 bits per heavy atom. The van der Waals surface area contributed by atoms with Gasteiger partial charge in [-0.05, 0) is 25.0 Å². The summed E-state index contributed by atoms with van der Waals surface area (Å²) in [6.07, 6.45) is -3.35. The Bertz CT molecular complexity index is 806. The highest BCUT2D eigenvalue weighted by Crippen LogP contribution is 2.37. The van der Waals surface area contributed by atoms with Gasteiger partial charge in [-0.25, -0.2) is 17.6 Å². The van der Waals surface area contributed by atoms with Gasteiger partial charge in [-0.1, -0.05) is 0 Å². The van der Waals surface area contributed by atoms with Crippen LogP contribution < -0.4 is 9.64 Å². The van der Waals surface area contributed by atoms with Crippen LogP contribution in [-0.4, -0.2) is 13.1 Å². The van der Waals surface area contributed by atoms with Gasteiger partial charge in [0.2, 0.25) is 0 Å². The van der Waals surface area contributed by atoms with Gasteiger partial charge in [-0.3, -0.25) is 0 Å². The second-order valence-electron chi connectivity index (χ2n) is 5.80. The molecule has 2 aromatic rings. The maximum Gasteiger partial charge on any atom is 0.416 e. The lowest BCUT2D eigenvalue weighted by Gasteiger charge is -2.20. The van der Waals surface area contributed by atoms with Crippen LogP contribution in [0, 0.1) is 23.3 Å². The van der Waals surface area contributed by atoms with Crippen LogP contribution in [0.25, 0.3) is 0 Å². The molecular weight excluding hydrogens is 367 g/mol. The standard InChI is InChI=1S/C17H12F7NO/c18-10-7-11(19)15(8-14(10)25-3-1-2-4-25)26-16-12(20)5-9(6-13(16)21)17(22,23)24/h5-8H,1-4H2. The van der Waals surface area contributed by atoms with Crippen LogP contribution in [0.1, 0.15) is 18.4 Å². The maximum absolute atomic E-state index is 14.0. The lowest BCUT2D eigenvalue weighted by atomic mass is 10.2. The lowest BCUT2D eigenvalue weighted by molar-refractivity contribution is -0.138. The van der Waals surface area contributed by atoms with Gasteiger partial charge in [0.05, 0.1) is 11.3 Å². The molecule has 140 valence electrons. The normalized spacial score (nSPS) is 14.8. The summed E-state index contributed by atoms with van der Waals surface area (Å²) in [4.78, 5) is 1.61. The lowest BCUT2D eigenvalue weighted by Crippen LogP contribution is -2.19. The summed E-state index contributed by atoms with van der Waals surface area (Å²) in [7, 11) is 0. The molecule has 2 nitrogen and oxygen atoms in total. The van der Waals surface area contributed by atoms with Crippen molar-refractivity contribution in [1.29, 1.82) is 0 Å². The molecule has 2 aromatic carbocycles. The first-order valence-corrected chi connectivity index (χ1v) is 7.65. The van der Waals surface area contributed by atoms with Crippen molar-refractivity contribution in [2.75, 3.05) is 18.0 Å².